The molecule has 146 valence electrons. The Hall–Kier alpha value is -1.89. The average molecular weight is 371 g/mol. The first-order valence-electron chi connectivity index (χ1n) is 9.85. The summed E-state index contributed by atoms with van der Waals surface area (Å²) in [6, 6.07) is 8.55. The number of hydrogen-bond acceptors (Lipinski definition) is 4. The van der Waals surface area contributed by atoms with Crippen molar-refractivity contribution in [3.63, 3.8) is 0 Å². The molecule has 1 N–H and O–H groups in total. The van der Waals surface area contributed by atoms with Gasteiger partial charge >= 0.3 is 0 Å². The first-order chi connectivity index (χ1) is 13.1. The molecule has 0 bridgehead atoms. The predicted molar refractivity (Wildman–Crippen MR) is 105 cm³/mol. The lowest BCUT2D eigenvalue weighted by atomic mass is 10.00. The largest absolute Gasteiger partial charge is 0.377 e. The zero-order valence-electron chi connectivity index (χ0n) is 16.2. The van der Waals surface area contributed by atoms with Crippen molar-refractivity contribution in [1.82, 2.24) is 14.8 Å². The molecule has 1 spiro atoms. The van der Waals surface area contributed by atoms with Crippen LogP contribution in [-0.2, 0) is 20.7 Å². The lowest BCUT2D eigenvalue weighted by Gasteiger charge is -2.44. The van der Waals surface area contributed by atoms with Crippen LogP contribution in [0.5, 0.6) is 0 Å². The predicted octanol–water partition coefficient (Wildman–Crippen LogP) is 2.05. The number of benzene rings is 1. The quantitative estimate of drug-likeness (QED) is 0.897. The Bertz CT molecular complexity index is 803. The third kappa shape index (κ3) is 3.88. The van der Waals surface area contributed by atoms with Crippen LogP contribution in [0.2, 0.25) is 0 Å². The summed E-state index contributed by atoms with van der Waals surface area (Å²) in [4.78, 5) is 20.6. The molecule has 27 heavy (non-hydrogen) atoms. The Labute approximate surface area is 160 Å². The summed E-state index contributed by atoms with van der Waals surface area (Å²) in [5.41, 5.74) is 1.70. The van der Waals surface area contributed by atoms with Crippen LogP contribution >= 0.6 is 0 Å². The van der Waals surface area contributed by atoms with Gasteiger partial charge in [0.25, 0.3) is 0 Å². The van der Waals surface area contributed by atoms with Gasteiger partial charge in [-0.05, 0) is 25.5 Å². The van der Waals surface area contributed by atoms with Crippen molar-refractivity contribution in [1.29, 1.82) is 0 Å². The summed E-state index contributed by atoms with van der Waals surface area (Å²) >= 11 is 0. The Morgan fingerprint density at radius 1 is 1.22 bits per heavy atom. The van der Waals surface area contributed by atoms with E-state index in [4.69, 9.17) is 9.47 Å². The van der Waals surface area contributed by atoms with Crippen molar-refractivity contribution in [2.75, 3.05) is 46.0 Å². The molecule has 1 unspecified atom stereocenters. The van der Waals surface area contributed by atoms with Crippen molar-refractivity contribution < 1.29 is 14.3 Å². The van der Waals surface area contributed by atoms with E-state index in [1.54, 1.807) is 0 Å². The molecule has 2 aliphatic heterocycles. The molecule has 0 radical (unpaired) electrons. The van der Waals surface area contributed by atoms with Crippen molar-refractivity contribution in [3.8, 4) is 0 Å². The van der Waals surface area contributed by atoms with Gasteiger partial charge in [0.1, 0.15) is 5.60 Å². The van der Waals surface area contributed by atoms with Gasteiger partial charge in [0.2, 0.25) is 5.91 Å². The fourth-order valence-electron chi connectivity index (χ4n) is 4.17. The number of carbonyl (C=O) groups is 1. The van der Waals surface area contributed by atoms with Crippen LogP contribution < -0.4 is 0 Å². The number of morpholine rings is 1. The van der Waals surface area contributed by atoms with E-state index in [0.717, 1.165) is 29.6 Å². The molecule has 1 aromatic heterocycles. The standard InChI is InChI=1S/C21H29N3O3/c1-16(2)23-7-9-26-15-21(13-23)14-24(8-10-27-21)20(25)11-17-12-22-19-6-4-3-5-18(17)19/h3-6,12,16,22H,7-11,13-15H2,1-2H3. The number of aromatic amines is 1. The number of H-pyrrole nitrogens is 1. The summed E-state index contributed by atoms with van der Waals surface area (Å²) in [6.07, 6.45) is 2.36. The number of aromatic nitrogens is 1. The third-order valence-corrected chi connectivity index (χ3v) is 5.73. The first-order valence-corrected chi connectivity index (χ1v) is 9.85. The van der Waals surface area contributed by atoms with Crippen molar-refractivity contribution >= 4 is 16.8 Å². The van der Waals surface area contributed by atoms with Gasteiger partial charge in [0, 0.05) is 42.8 Å². The SMILES string of the molecule is CC(C)N1CCOCC2(CN(C(=O)Cc3c[nH]c4ccccc34)CCO2)C1. The fourth-order valence-corrected chi connectivity index (χ4v) is 4.17. The maximum absolute atomic E-state index is 13.0. The van der Waals surface area contributed by atoms with E-state index in [1.165, 1.54) is 0 Å². The first kappa shape index (κ1) is 18.5. The lowest BCUT2D eigenvalue weighted by Crippen LogP contribution is -2.60. The normalized spacial score (nSPS) is 24.6. The van der Waals surface area contributed by atoms with E-state index in [1.807, 2.05) is 29.3 Å². The fraction of sp³-hybridized carbons (Fsp3) is 0.571. The number of nitrogens with zero attached hydrogens (tertiary/aromatic N) is 2. The molecule has 1 aromatic carbocycles. The topological polar surface area (TPSA) is 57.8 Å². The smallest absolute Gasteiger partial charge is 0.227 e. The molecule has 3 heterocycles. The van der Waals surface area contributed by atoms with Gasteiger partial charge in [-0.3, -0.25) is 9.69 Å². The molecule has 0 saturated carbocycles. The number of carbonyl (C=O) groups excluding carboxylic acids is 1. The summed E-state index contributed by atoms with van der Waals surface area (Å²) in [7, 11) is 0. The van der Waals surface area contributed by atoms with E-state index >= 15 is 0 Å². The van der Waals surface area contributed by atoms with E-state index in [-0.39, 0.29) is 5.91 Å². The Morgan fingerprint density at radius 2 is 2.07 bits per heavy atom. The Kier molecular flexibility index (Phi) is 5.21. The van der Waals surface area contributed by atoms with Crippen LogP contribution in [0.3, 0.4) is 0 Å². The van der Waals surface area contributed by atoms with E-state index < -0.39 is 5.60 Å². The Morgan fingerprint density at radius 3 is 2.93 bits per heavy atom. The molecule has 0 aliphatic carbocycles. The molecule has 2 saturated heterocycles. The lowest BCUT2D eigenvalue weighted by molar-refractivity contribution is -0.161. The number of para-hydroxylation sites is 1. The number of amides is 1. The molecular formula is C21H29N3O3. The van der Waals surface area contributed by atoms with Gasteiger partial charge in [-0.15, -0.1) is 0 Å². The van der Waals surface area contributed by atoms with E-state index in [0.29, 0.717) is 45.4 Å². The second-order valence-corrected chi connectivity index (χ2v) is 8.00. The number of hydrogen-bond donors (Lipinski definition) is 1. The highest BCUT2D eigenvalue weighted by Gasteiger charge is 2.41. The minimum absolute atomic E-state index is 0.155. The van der Waals surface area contributed by atoms with Gasteiger partial charge in [-0.25, -0.2) is 0 Å². The molecule has 4 rings (SSSR count). The summed E-state index contributed by atoms with van der Waals surface area (Å²) in [5, 5.41) is 1.12. The number of rotatable bonds is 3. The summed E-state index contributed by atoms with van der Waals surface area (Å²) in [5.74, 6) is 0.155. The van der Waals surface area contributed by atoms with Crippen LogP contribution in [0, 0.1) is 0 Å². The molecule has 2 aromatic rings. The molecule has 6 nitrogen and oxygen atoms in total. The van der Waals surface area contributed by atoms with Gasteiger partial charge in [-0.2, -0.15) is 0 Å². The van der Waals surface area contributed by atoms with Gasteiger partial charge in [-0.1, -0.05) is 18.2 Å². The van der Waals surface area contributed by atoms with Gasteiger partial charge in [0.15, 0.2) is 0 Å². The molecular weight excluding hydrogens is 342 g/mol. The summed E-state index contributed by atoms with van der Waals surface area (Å²) in [6.45, 7) is 9.17. The Balaban J connectivity index is 1.48. The highest BCUT2D eigenvalue weighted by atomic mass is 16.5. The van der Waals surface area contributed by atoms with Gasteiger partial charge < -0.3 is 19.4 Å². The minimum Gasteiger partial charge on any atom is -0.377 e. The minimum atomic E-state index is -0.422. The molecule has 1 atom stereocenters. The molecule has 2 aliphatic rings. The average Bonchev–Trinajstić information content (AvgIpc) is 2.95. The third-order valence-electron chi connectivity index (χ3n) is 5.73. The van der Waals surface area contributed by atoms with Crippen molar-refractivity contribution in [2.24, 2.45) is 0 Å². The highest BCUT2D eigenvalue weighted by Crippen LogP contribution is 2.25. The van der Waals surface area contributed by atoms with Crippen LogP contribution in [-0.4, -0.2) is 78.3 Å². The molecule has 2 fully saturated rings. The number of nitrogens with one attached hydrogen (secondary N) is 1. The zero-order chi connectivity index (χ0) is 18.9. The van der Waals surface area contributed by atoms with E-state index in [9.17, 15) is 4.79 Å². The highest BCUT2D eigenvalue weighted by molar-refractivity contribution is 5.88. The van der Waals surface area contributed by atoms with Gasteiger partial charge in [0.05, 0.1) is 32.8 Å². The summed E-state index contributed by atoms with van der Waals surface area (Å²) < 4.78 is 12.0. The molecule has 1 amide bonds. The van der Waals surface area contributed by atoms with Crippen molar-refractivity contribution in [3.05, 3.63) is 36.0 Å². The number of fused-ring (bicyclic) bond motifs is 1. The zero-order valence-corrected chi connectivity index (χ0v) is 16.2. The second kappa shape index (κ2) is 7.62. The monoisotopic (exact) mass is 371 g/mol. The van der Waals surface area contributed by atoms with Crippen LogP contribution in [0.25, 0.3) is 10.9 Å². The maximum atomic E-state index is 13.0. The number of ether oxygens (including phenoxy) is 2. The van der Waals surface area contributed by atoms with E-state index in [2.05, 4.69) is 29.8 Å². The van der Waals surface area contributed by atoms with Crippen LogP contribution in [0.15, 0.2) is 30.5 Å². The second-order valence-electron chi connectivity index (χ2n) is 8.00. The van der Waals surface area contributed by atoms with Crippen molar-refractivity contribution in [2.45, 2.75) is 31.9 Å². The van der Waals surface area contributed by atoms with Crippen LogP contribution in [0.4, 0.5) is 0 Å². The molecule has 6 heteroatoms. The van der Waals surface area contributed by atoms with Crippen LogP contribution in [0.1, 0.15) is 19.4 Å². The maximum Gasteiger partial charge on any atom is 0.227 e.